The summed E-state index contributed by atoms with van der Waals surface area (Å²) in [5.41, 5.74) is 0.657. The topological polar surface area (TPSA) is 32.3 Å². The number of amides is 1. The summed E-state index contributed by atoms with van der Waals surface area (Å²) in [5, 5.41) is 3.00. The second-order valence-corrected chi connectivity index (χ2v) is 6.88. The van der Waals surface area contributed by atoms with Gasteiger partial charge in [0.25, 0.3) is 5.91 Å². The summed E-state index contributed by atoms with van der Waals surface area (Å²) < 4.78 is 1.74. The molecule has 1 aromatic carbocycles. The summed E-state index contributed by atoms with van der Waals surface area (Å²) in [6.45, 7) is 4.96. The van der Waals surface area contributed by atoms with E-state index < -0.39 is 0 Å². The van der Waals surface area contributed by atoms with Crippen LogP contribution in [-0.4, -0.2) is 37.5 Å². The molecule has 3 nitrogen and oxygen atoms in total. The molecule has 0 heterocycles. The highest BCUT2D eigenvalue weighted by Crippen LogP contribution is 2.21. The lowest BCUT2D eigenvalue weighted by molar-refractivity contribution is 0.0934. The zero-order valence-electron chi connectivity index (χ0n) is 11.7. The van der Waals surface area contributed by atoms with Crippen LogP contribution in [0.3, 0.4) is 0 Å². The number of carbonyl (C=O) groups excluding carboxylic acids is 1. The van der Waals surface area contributed by atoms with E-state index in [0.717, 1.165) is 8.95 Å². The molecule has 0 aliphatic carbocycles. The van der Waals surface area contributed by atoms with E-state index in [4.69, 9.17) is 0 Å². The average Bonchev–Trinajstić information content (AvgIpc) is 2.27. The Morgan fingerprint density at radius 3 is 2.42 bits per heavy atom. The van der Waals surface area contributed by atoms with Crippen LogP contribution in [-0.2, 0) is 0 Å². The lowest BCUT2D eigenvalue weighted by Crippen LogP contribution is -2.43. The lowest BCUT2D eigenvalue weighted by Gasteiger charge is -2.28. The predicted octanol–water partition coefficient (Wildman–Crippen LogP) is 3.53. The van der Waals surface area contributed by atoms with Crippen molar-refractivity contribution in [3.8, 4) is 0 Å². The smallest absolute Gasteiger partial charge is 0.252 e. The molecule has 1 atom stereocenters. The molecule has 0 saturated carbocycles. The lowest BCUT2D eigenvalue weighted by atomic mass is 10.0. The third-order valence-electron chi connectivity index (χ3n) is 3.08. The monoisotopic (exact) mass is 390 g/mol. The Balaban J connectivity index is 2.69. The van der Waals surface area contributed by atoms with E-state index in [1.807, 2.05) is 32.3 Å². The van der Waals surface area contributed by atoms with E-state index in [9.17, 15) is 4.79 Å². The quantitative estimate of drug-likeness (QED) is 0.832. The van der Waals surface area contributed by atoms with Crippen LogP contribution in [0.5, 0.6) is 0 Å². The molecule has 0 aliphatic heterocycles. The molecule has 0 saturated heterocycles. The fourth-order valence-electron chi connectivity index (χ4n) is 1.98. The Kier molecular flexibility index (Phi) is 6.50. The SMILES string of the molecule is CC(C)C(CNC(=O)c1ccc(Br)cc1Br)N(C)C. The summed E-state index contributed by atoms with van der Waals surface area (Å²) in [4.78, 5) is 14.3. The van der Waals surface area contributed by atoms with Gasteiger partial charge in [-0.05, 0) is 54.1 Å². The molecule has 0 aromatic heterocycles. The van der Waals surface area contributed by atoms with E-state index in [1.54, 1.807) is 0 Å². The molecule has 0 fully saturated rings. The van der Waals surface area contributed by atoms with Gasteiger partial charge < -0.3 is 10.2 Å². The fourth-order valence-corrected chi connectivity index (χ4v) is 3.21. The number of rotatable bonds is 5. The van der Waals surface area contributed by atoms with Crippen molar-refractivity contribution in [1.82, 2.24) is 10.2 Å². The molecule has 0 radical (unpaired) electrons. The third-order valence-corrected chi connectivity index (χ3v) is 4.23. The second-order valence-electron chi connectivity index (χ2n) is 5.11. The van der Waals surface area contributed by atoms with Crippen LogP contribution in [0.15, 0.2) is 27.1 Å². The Bertz CT molecular complexity index is 439. The first-order chi connectivity index (χ1) is 8.82. The van der Waals surface area contributed by atoms with Gasteiger partial charge in [0.1, 0.15) is 0 Å². The van der Waals surface area contributed by atoms with E-state index in [-0.39, 0.29) is 5.91 Å². The number of nitrogens with one attached hydrogen (secondary N) is 1. The van der Waals surface area contributed by atoms with Crippen LogP contribution in [0.1, 0.15) is 24.2 Å². The average molecular weight is 392 g/mol. The standard InChI is InChI=1S/C14H20Br2N2O/c1-9(2)13(18(3)4)8-17-14(19)11-6-5-10(15)7-12(11)16/h5-7,9,13H,8H2,1-4H3,(H,17,19). The van der Waals surface area contributed by atoms with Gasteiger partial charge in [0.05, 0.1) is 5.56 Å². The number of hydrogen-bond donors (Lipinski definition) is 1. The Hall–Kier alpha value is -0.390. The molecule has 1 amide bonds. The van der Waals surface area contributed by atoms with Gasteiger partial charge in [-0.3, -0.25) is 4.79 Å². The Labute approximate surface area is 132 Å². The van der Waals surface area contributed by atoms with Crippen molar-refractivity contribution >= 4 is 37.8 Å². The van der Waals surface area contributed by atoms with E-state index >= 15 is 0 Å². The van der Waals surface area contributed by atoms with Gasteiger partial charge in [0.2, 0.25) is 0 Å². The minimum absolute atomic E-state index is 0.0492. The van der Waals surface area contributed by atoms with E-state index in [1.165, 1.54) is 0 Å². The van der Waals surface area contributed by atoms with Crippen LogP contribution in [0.25, 0.3) is 0 Å². The maximum atomic E-state index is 12.2. The zero-order valence-corrected chi connectivity index (χ0v) is 14.9. The molecular formula is C14H20Br2N2O. The number of benzene rings is 1. The molecule has 1 N–H and O–H groups in total. The first kappa shape index (κ1) is 16.7. The minimum atomic E-state index is -0.0492. The van der Waals surface area contributed by atoms with Gasteiger partial charge >= 0.3 is 0 Å². The van der Waals surface area contributed by atoms with Gasteiger partial charge in [-0.2, -0.15) is 0 Å². The van der Waals surface area contributed by atoms with Crippen molar-refractivity contribution in [3.05, 3.63) is 32.7 Å². The van der Waals surface area contributed by atoms with E-state index in [0.29, 0.717) is 24.1 Å². The molecule has 0 spiro atoms. The molecule has 5 heteroatoms. The van der Waals surface area contributed by atoms with Crippen LogP contribution >= 0.6 is 31.9 Å². The summed E-state index contributed by atoms with van der Waals surface area (Å²) in [6, 6.07) is 5.88. The van der Waals surface area contributed by atoms with Gasteiger partial charge in [-0.15, -0.1) is 0 Å². The maximum absolute atomic E-state index is 12.2. The molecule has 1 unspecified atom stereocenters. The highest BCUT2D eigenvalue weighted by Gasteiger charge is 2.18. The molecule has 106 valence electrons. The minimum Gasteiger partial charge on any atom is -0.350 e. The molecule has 0 aliphatic rings. The summed E-state index contributed by atoms with van der Waals surface area (Å²) in [6.07, 6.45) is 0. The van der Waals surface area contributed by atoms with E-state index in [2.05, 4.69) is 55.9 Å². The van der Waals surface area contributed by atoms with Crippen molar-refractivity contribution in [2.24, 2.45) is 5.92 Å². The maximum Gasteiger partial charge on any atom is 0.252 e. The molecule has 0 bridgehead atoms. The van der Waals surface area contributed by atoms with Crippen molar-refractivity contribution in [3.63, 3.8) is 0 Å². The van der Waals surface area contributed by atoms with Crippen LogP contribution in [0, 0.1) is 5.92 Å². The Morgan fingerprint density at radius 1 is 1.32 bits per heavy atom. The van der Waals surface area contributed by atoms with Crippen LogP contribution in [0.2, 0.25) is 0 Å². The first-order valence-electron chi connectivity index (χ1n) is 6.22. The van der Waals surface area contributed by atoms with Crippen molar-refractivity contribution in [2.45, 2.75) is 19.9 Å². The zero-order chi connectivity index (χ0) is 14.6. The predicted molar refractivity (Wildman–Crippen MR) is 86.5 cm³/mol. The van der Waals surface area contributed by atoms with Gasteiger partial charge in [-0.1, -0.05) is 29.8 Å². The largest absolute Gasteiger partial charge is 0.350 e. The number of likely N-dealkylation sites (N-methyl/N-ethyl adjacent to an activating group) is 1. The first-order valence-corrected chi connectivity index (χ1v) is 7.81. The van der Waals surface area contributed by atoms with Crippen molar-refractivity contribution in [1.29, 1.82) is 0 Å². The van der Waals surface area contributed by atoms with Crippen molar-refractivity contribution < 1.29 is 4.79 Å². The molecule has 1 aromatic rings. The van der Waals surface area contributed by atoms with Crippen LogP contribution < -0.4 is 5.32 Å². The highest BCUT2D eigenvalue weighted by atomic mass is 79.9. The summed E-state index contributed by atoms with van der Waals surface area (Å²) in [7, 11) is 4.07. The fraction of sp³-hybridized carbons (Fsp3) is 0.500. The van der Waals surface area contributed by atoms with Gasteiger partial charge in [0.15, 0.2) is 0 Å². The number of carbonyl (C=O) groups is 1. The molecule has 1 rings (SSSR count). The van der Waals surface area contributed by atoms with Gasteiger partial charge in [-0.25, -0.2) is 0 Å². The third kappa shape index (κ3) is 4.89. The van der Waals surface area contributed by atoms with Crippen LogP contribution in [0.4, 0.5) is 0 Å². The van der Waals surface area contributed by atoms with Gasteiger partial charge in [0, 0.05) is 21.5 Å². The molecular weight excluding hydrogens is 372 g/mol. The number of nitrogens with zero attached hydrogens (tertiary/aromatic N) is 1. The Morgan fingerprint density at radius 2 is 1.95 bits per heavy atom. The summed E-state index contributed by atoms with van der Waals surface area (Å²) >= 11 is 6.79. The highest BCUT2D eigenvalue weighted by molar-refractivity contribution is 9.11. The number of hydrogen-bond acceptors (Lipinski definition) is 2. The van der Waals surface area contributed by atoms with Crippen molar-refractivity contribution in [2.75, 3.05) is 20.6 Å². The summed E-state index contributed by atoms with van der Waals surface area (Å²) in [5.74, 6) is 0.440. The molecule has 19 heavy (non-hydrogen) atoms. The number of halogens is 2. The normalized spacial score (nSPS) is 12.8. The second kappa shape index (κ2) is 7.41.